The molecule has 1 unspecified atom stereocenters. The lowest BCUT2D eigenvalue weighted by atomic mass is 9.93. The Morgan fingerprint density at radius 1 is 1.21 bits per heavy atom. The normalized spacial score (nSPS) is 19.1. The van der Waals surface area contributed by atoms with Crippen LogP contribution >= 0.6 is 11.6 Å². The van der Waals surface area contributed by atoms with Gasteiger partial charge < -0.3 is 10.3 Å². The predicted molar refractivity (Wildman–Crippen MR) is 98.8 cm³/mol. The highest BCUT2D eigenvalue weighted by Crippen LogP contribution is 2.34. The van der Waals surface area contributed by atoms with Crippen LogP contribution in [0, 0.1) is 11.6 Å². The van der Waals surface area contributed by atoms with E-state index in [2.05, 4.69) is 10.7 Å². The van der Waals surface area contributed by atoms with Crippen LogP contribution in [0.2, 0.25) is 5.02 Å². The van der Waals surface area contributed by atoms with Crippen molar-refractivity contribution in [3.8, 4) is 11.1 Å². The maximum atomic E-state index is 13.8. The number of rotatable bonds is 4. The third-order valence-electron chi connectivity index (χ3n) is 4.43. The highest BCUT2D eigenvalue weighted by atomic mass is 35.5. The van der Waals surface area contributed by atoms with E-state index in [1.807, 2.05) is 0 Å². The number of carbonyl (C=O) groups is 1. The Morgan fingerprint density at radius 3 is 2.57 bits per heavy atom. The van der Waals surface area contributed by atoms with Crippen LogP contribution in [0.15, 0.2) is 48.2 Å². The van der Waals surface area contributed by atoms with Crippen LogP contribution in [0.3, 0.4) is 0 Å². The van der Waals surface area contributed by atoms with Gasteiger partial charge in [0.25, 0.3) is 12.3 Å². The van der Waals surface area contributed by atoms with Gasteiger partial charge in [-0.1, -0.05) is 17.7 Å². The van der Waals surface area contributed by atoms with Crippen LogP contribution in [0.4, 0.5) is 23.2 Å². The van der Waals surface area contributed by atoms with Gasteiger partial charge in [0.2, 0.25) is 0 Å². The summed E-state index contributed by atoms with van der Waals surface area (Å²) in [6.45, 7) is 1.20. The summed E-state index contributed by atoms with van der Waals surface area (Å²) >= 11 is 5.68. The Kier molecular flexibility index (Phi) is 5.36. The van der Waals surface area contributed by atoms with Crippen LogP contribution in [0.25, 0.3) is 11.1 Å². The molecule has 0 saturated heterocycles. The van der Waals surface area contributed by atoms with Crippen molar-refractivity contribution in [2.45, 2.75) is 18.9 Å². The van der Waals surface area contributed by atoms with Crippen molar-refractivity contribution < 1.29 is 22.4 Å². The first kappa shape index (κ1) is 20.2. The first-order valence-electron chi connectivity index (χ1n) is 8.19. The molecule has 28 heavy (non-hydrogen) atoms. The Balaban J connectivity index is 1.98. The third kappa shape index (κ3) is 3.70. The molecule has 0 radical (unpaired) electrons. The fourth-order valence-electron chi connectivity index (χ4n) is 2.97. The van der Waals surface area contributed by atoms with E-state index in [9.17, 15) is 22.4 Å². The van der Waals surface area contributed by atoms with Crippen molar-refractivity contribution >= 4 is 23.2 Å². The summed E-state index contributed by atoms with van der Waals surface area (Å²) < 4.78 is 54.6. The molecule has 0 aliphatic carbocycles. The van der Waals surface area contributed by atoms with Gasteiger partial charge in [-0.2, -0.15) is 0 Å². The molecule has 1 aliphatic heterocycles. The number of amides is 1. The molecule has 2 aromatic rings. The molecule has 148 valence electrons. The minimum absolute atomic E-state index is 0.108. The summed E-state index contributed by atoms with van der Waals surface area (Å²) in [6, 6.07) is 7.35. The average Bonchev–Trinajstić information content (AvgIpc) is 2.95. The van der Waals surface area contributed by atoms with Crippen molar-refractivity contribution in [2.75, 3.05) is 12.4 Å². The van der Waals surface area contributed by atoms with Crippen molar-refractivity contribution in [3.05, 3.63) is 64.8 Å². The van der Waals surface area contributed by atoms with Gasteiger partial charge >= 0.3 is 0 Å². The number of halogens is 5. The summed E-state index contributed by atoms with van der Waals surface area (Å²) in [5, 5.41) is 3.67. The maximum absolute atomic E-state index is 13.8. The van der Waals surface area contributed by atoms with E-state index in [4.69, 9.17) is 11.6 Å². The summed E-state index contributed by atoms with van der Waals surface area (Å²) in [6.07, 6.45) is -1.60. The van der Waals surface area contributed by atoms with Gasteiger partial charge in [0.05, 0.1) is 10.6 Å². The van der Waals surface area contributed by atoms with Gasteiger partial charge in [-0.3, -0.25) is 4.79 Å². The quantitative estimate of drug-likeness (QED) is 0.721. The topological polar surface area (TPSA) is 44.4 Å². The van der Waals surface area contributed by atoms with Gasteiger partial charge in [0.15, 0.2) is 0 Å². The average molecular weight is 414 g/mol. The molecule has 1 atom stereocenters. The van der Waals surface area contributed by atoms with Crippen molar-refractivity contribution in [1.82, 2.24) is 10.4 Å². The molecule has 1 heterocycles. The van der Waals surface area contributed by atoms with Crippen LogP contribution in [-0.2, 0) is 4.79 Å². The molecule has 0 fully saturated rings. The molecule has 0 bridgehead atoms. The number of nitrogens with one attached hydrogen (secondary N) is 2. The smallest absolute Gasteiger partial charge is 0.262 e. The number of alkyl halides is 2. The van der Waals surface area contributed by atoms with Crippen LogP contribution in [0.5, 0.6) is 0 Å². The monoisotopic (exact) mass is 413 g/mol. The van der Waals surface area contributed by atoms with E-state index in [1.165, 1.54) is 43.4 Å². The first-order chi connectivity index (χ1) is 13.1. The first-order valence-corrected chi connectivity index (χ1v) is 8.57. The summed E-state index contributed by atoms with van der Waals surface area (Å²) in [4.78, 5) is 12.7. The molecular formula is C19H16ClF4N3O. The SMILES string of the molecule is CN1C=C(C(=O)Nc2ccc(F)cc2-c2ccc(Cl)c(F)c2)C(C)(C(F)F)N1. The van der Waals surface area contributed by atoms with Gasteiger partial charge in [-0.15, -0.1) is 0 Å². The number of hydrazine groups is 1. The molecular weight excluding hydrogens is 398 g/mol. The number of anilines is 1. The molecule has 9 heteroatoms. The van der Waals surface area contributed by atoms with E-state index in [-0.39, 0.29) is 27.4 Å². The Bertz CT molecular complexity index is 966. The molecule has 2 N–H and O–H groups in total. The Morgan fingerprint density at radius 2 is 1.93 bits per heavy atom. The summed E-state index contributed by atoms with van der Waals surface area (Å²) in [5.41, 5.74) is 1.04. The zero-order valence-electron chi connectivity index (χ0n) is 14.9. The second-order valence-corrected chi connectivity index (χ2v) is 6.95. The molecule has 0 aromatic heterocycles. The van der Waals surface area contributed by atoms with Gasteiger partial charge in [0, 0.05) is 24.5 Å². The number of benzene rings is 2. The van der Waals surface area contributed by atoms with Crippen LogP contribution in [0.1, 0.15) is 6.92 Å². The summed E-state index contributed by atoms with van der Waals surface area (Å²) in [7, 11) is 1.49. The van der Waals surface area contributed by atoms with Crippen molar-refractivity contribution in [2.24, 2.45) is 0 Å². The lowest BCUT2D eigenvalue weighted by Crippen LogP contribution is -2.52. The fraction of sp³-hybridized carbons (Fsp3) is 0.211. The van der Waals surface area contributed by atoms with Gasteiger partial charge in [-0.05, 0) is 42.8 Å². The highest BCUT2D eigenvalue weighted by molar-refractivity contribution is 6.30. The van der Waals surface area contributed by atoms with Crippen LogP contribution < -0.4 is 10.7 Å². The molecule has 1 amide bonds. The molecule has 3 rings (SSSR count). The third-order valence-corrected chi connectivity index (χ3v) is 4.74. The van der Waals surface area contributed by atoms with Gasteiger partial charge in [0.1, 0.15) is 17.2 Å². The summed E-state index contributed by atoms with van der Waals surface area (Å²) in [5.74, 6) is -2.11. The minimum atomic E-state index is -2.85. The van der Waals surface area contributed by atoms with E-state index >= 15 is 0 Å². The zero-order valence-corrected chi connectivity index (χ0v) is 15.6. The maximum Gasteiger partial charge on any atom is 0.262 e. The standard InChI is InChI=1S/C19H16ClF4N3O/c1-19(18(23)24)13(9-27(2)26-19)17(28)25-16-6-4-11(21)8-12(16)10-3-5-14(20)15(22)7-10/h3-9,18,26H,1-2H3,(H,25,28). The number of nitrogens with zero attached hydrogens (tertiary/aromatic N) is 1. The second-order valence-electron chi connectivity index (χ2n) is 6.54. The lowest BCUT2D eigenvalue weighted by molar-refractivity contribution is -0.114. The molecule has 2 aromatic carbocycles. The van der Waals surface area contributed by atoms with E-state index in [1.54, 1.807) is 0 Å². The number of carbonyl (C=O) groups excluding carboxylic acids is 1. The number of hydrogen-bond acceptors (Lipinski definition) is 3. The predicted octanol–water partition coefficient (Wildman–Crippen LogP) is 4.58. The molecule has 0 saturated carbocycles. The fourth-order valence-corrected chi connectivity index (χ4v) is 3.08. The van der Waals surface area contributed by atoms with E-state index in [0.717, 1.165) is 18.2 Å². The largest absolute Gasteiger partial charge is 0.322 e. The lowest BCUT2D eigenvalue weighted by Gasteiger charge is -2.27. The Labute approximate surface area is 163 Å². The molecule has 0 spiro atoms. The number of hydrogen-bond donors (Lipinski definition) is 2. The van der Waals surface area contributed by atoms with Crippen LogP contribution in [-0.4, -0.2) is 29.9 Å². The van der Waals surface area contributed by atoms with Crippen molar-refractivity contribution in [1.29, 1.82) is 0 Å². The second kappa shape index (κ2) is 7.44. The van der Waals surface area contributed by atoms with Crippen molar-refractivity contribution in [3.63, 3.8) is 0 Å². The minimum Gasteiger partial charge on any atom is -0.322 e. The molecule has 4 nitrogen and oxygen atoms in total. The highest BCUT2D eigenvalue weighted by Gasteiger charge is 2.46. The van der Waals surface area contributed by atoms with E-state index < -0.39 is 29.5 Å². The Hall–Kier alpha value is -2.58. The van der Waals surface area contributed by atoms with E-state index in [0.29, 0.717) is 0 Å². The zero-order chi connectivity index (χ0) is 20.6. The molecule has 1 aliphatic rings. The van der Waals surface area contributed by atoms with Gasteiger partial charge in [-0.25, -0.2) is 23.0 Å².